The maximum Gasteiger partial charge on any atom is 0.219 e. The summed E-state index contributed by atoms with van der Waals surface area (Å²) in [5.74, 6) is -0.170. The Kier molecular flexibility index (Phi) is 4.13. The lowest BCUT2D eigenvalue weighted by atomic mass is 9.89. The Bertz CT molecular complexity index is 614. The Morgan fingerprint density at radius 1 is 1.30 bits per heavy atom. The maximum absolute atomic E-state index is 11.6. The minimum Gasteiger partial charge on any atom is -0.348 e. The number of hydrogen-bond donors (Lipinski definition) is 0. The molecule has 126 valence electrons. The molecule has 23 heavy (non-hydrogen) atoms. The summed E-state index contributed by atoms with van der Waals surface area (Å²) in [5, 5.41) is 4.81. The molecule has 4 rings (SSSR count). The molecule has 0 atom stereocenters. The van der Waals surface area contributed by atoms with E-state index in [1.54, 1.807) is 6.92 Å². The van der Waals surface area contributed by atoms with Gasteiger partial charge in [0.2, 0.25) is 5.91 Å². The molecule has 1 saturated heterocycles. The van der Waals surface area contributed by atoms with Crippen molar-refractivity contribution in [2.45, 2.75) is 57.4 Å². The van der Waals surface area contributed by atoms with Crippen LogP contribution >= 0.6 is 22.6 Å². The van der Waals surface area contributed by atoms with Gasteiger partial charge in [0.05, 0.1) is 25.8 Å². The summed E-state index contributed by atoms with van der Waals surface area (Å²) < 4.78 is 14.9. The van der Waals surface area contributed by atoms with Crippen molar-refractivity contribution in [1.82, 2.24) is 14.7 Å². The van der Waals surface area contributed by atoms with E-state index in [0.29, 0.717) is 12.6 Å². The summed E-state index contributed by atoms with van der Waals surface area (Å²) in [6.07, 6.45) is 4.88. The number of hydrogen-bond acceptors (Lipinski definition) is 4. The van der Waals surface area contributed by atoms with Crippen molar-refractivity contribution in [2.24, 2.45) is 0 Å². The molecule has 2 fully saturated rings. The number of aromatic nitrogens is 2. The fraction of sp³-hybridized carbons (Fsp3) is 0.750. The molecule has 1 aromatic heterocycles. The first kappa shape index (κ1) is 15.8. The van der Waals surface area contributed by atoms with Crippen molar-refractivity contribution in [2.75, 3.05) is 19.8 Å². The van der Waals surface area contributed by atoms with Crippen LogP contribution in [-0.2, 0) is 27.2 Å². The number of halogens is 1. The van der Waals surface area contributed by atoms with Crippen LogP contribution in [0.15, 0.2) is 0 Å². The quantitative estimate of drug-likeness (QED) is 0.641. The molecule has 1 spiro atoms. The number of carbonyl (C=O) groups excluding carboxylic acids is 1. The highest BCUT2D eigenvalue weighted by Gasteiger charge is 2.41. The van der Waals surface area contributed by atoms with Gasteiger partial charge in [0.15, 0.2) is 5.79 Å². The zero-order valence-electron chi connectivity index (χ0n) is 13.4. The molecule has 1 amide bonds. The van der Waals surface area contributed by atoms with Gasteiger partial charge < -0.3 is 14.4 Å². The van der Waals surface area contributed by atoms with E-state index < -0.39 is 0 Å². The summed E-state index contributed by atoms with van der Waals surface area (Å²) >= 11 is 2.31. The van der Waals surface area contributed by atoms with Crippen LogP contribution in [0, 0.1) is 3.70 Å². The van der Waals surface area contributed by atoms with Gasteiger partial charge in [-0.3, -0.25) is 9.48 Å². The SMILES string of the molecule is CC(=O)N1CCc2c(c(I)nn2C2CCC3(CC2)OCCO3)C1. The molecular weight excluding hydrogens is 409 g/mol. The van der Waals surface area contributed by atoms with Gasteiger partial charge in [0.25, 0.3) is 0 Å². The van der Waals surface area contributed by atoms with Crippen molar-refractivity contribution in [1.29, 1.82) is 0 Å². The predicted molar refractivity (Wildman–Crippen MR) is 91.9 cm³/mol. The molecule has 7 heteroatoms. The number of rotatable bonds is 1. The Labute approximate surface area is 149 Å². The standard InChI is InChI=1S/C16H22IN3O3/c1-11(21)19-7-4-14-13(10-19)15(17)18-20(14)12-2-5-16(6-3-12)22-8-9-23-16/h12H,2-10H2,1H3. The van der Waals surface area contributed by atoms with E-state index in [1.807, 2.05) is 4.90 Å². The smallest absolute Gasteiger partial charge is 0.219 e. The van der Waals surface area contributed by atoms with Gasteiger partial charge in [0, 0.05) is 44.0 Å². The molecule has 6 nitrogen and oxygen atoms in total. The lowest BCUT2D eigenvalue weighted by molar-refractivity contribution is -0.181. The van der Waals surface area contributed by atoms with E-state index in [0.717, 1.165) is 55.6 Å². The predicted octanol–water partition coefficient (Wildman–Crippen LogP) is 2.25. The molecule has 0 unspecified atom stereocenters. The van der Waals surface area contributed by atoms with Crippen molar-refractivity contribution >= 4 is 28.5 Å². The first-order valence-electron chi connectivity index (χ1n) is 8.37. The number of nitrogens with zero attached hydrogens (tertiary/aromatic N) is 3. The van der Waals surface area contributed by atoms with Crippen LogP contribution in [0.4, 0.5) is 0 Å². The molecule has 1 saturated carbocycles. The number of fused-ring (bicyclic) bond motifs is 1. The van der Waals surface area contributed by atoms with Crippen LogP contribution in [0.5, 0.6) is 0 Å². The fourth-order valence-corrected chi connectivity index (χ4v) is 4.76. The van der Waals surface area contributed by atoms with Gasteiger partial charge in [-0.05, 0) is 35.4 Å². The van der Waals surface area contributed by atoms with Gasteiger partial charge in [-0.25, -0.2) is 0 Å². The average Bonchev–Trinajstić information content (AvgIpc) is 3.13. The highest BCUT2D eigenvalue weighted by atomic mass is 127. The third-order valence-corrected chi connectivity index (χ3v) is 6.23. The number of ether oxygens (including phenoxy) is 2. The average molecular weight is 431 g/mol. The molecule has 0 N–H and O–H groups in total. The second kappa shape index (κ2) is 6.00. The van der Waals surface area contributed by atoms with E-state index in [2.05, 4.69) is 27.3 Å². The molecule has 0 radical (unpaired) electrons. The second-order valence-electron chi connectivity index (χ2n) is 6.69. The van der Waals surface area contributed by atoms with Gasteiger partial charge in [-0.2, -0.15) is 5.10 Å². The minimum absolute atomic E-state index is 0.148. The van der Waals surface area contributed by atoms with E-state index in [4.69, 9.17) is 14.6 Å². The summed E-state index contributed by atoms with van der Waals surface area (Å²) in [7, 11) is 0. The summed E-state index contributed by atoms with van der Waals surface area (Å²) in [6.45, 7) is 4.59. The van der Waals surface area contributed by atoms with E-state index in [9.17, 15) is 4.79 Å². The largest absolute Gasteiger partial charge is 0.348 e. The van der Waals surface area contributed by atoms with Crippen LogP contribution in [0.2, 0.25) is 0 Å². The molecule has 1 aromatic rings. The number of amides is 1. The molecule has 3 aliphatic rings. The van der Waals surface area contributed by atoms with Crippen molar-refractivity contribution in [3.05, 3.63) is 15.0 Å². The van der Waals surface area contributed by atoms with Crippen LogP contribution in [0.1, 0.15) is 49.9 Å². The third-order valence-electron chi connectivity index (χ3n) is 5.36. The fourth-order valence-electron chi connectivity index (χ4n) is 4.05. The topological polar surface area (TPSA) is 56.6 Å². The van der Waals surface area contributed by atoms with Crippen molar-refractivity contribution in [3.63, 3.8) is 0 Å². The maximum atomic E-state index is 11.6. The zero-order valence-corrected chi connectivity index (χ0v) is 15.5. The van der Waals surface area contributed by atoms with Gasteiger partial charge in [0.1, 0.15) is 3.70 Å². The van der Waals surface area contributed by atoms with Gasteiger partial charge in [-0.1, -0.05) is 0 Å². The normalized spacial score (nSPS) is 24.2. The van der Waals surface area contributed by atoms with Crippen LogP contribution in [0.3, 0.4) is 0 Å². The van der Waals surface area contributed by atoms with Crippen LogP contribution < -0.4 is 0 Å². The van der Waals surface area contributed by atoms with Crippen molar-refractivity contribution < 1.29 is 14.3 Å². The zero-order chi connectivity index (χ0) is 16.0. The summed E-state index contributed by atoms with van der Waals surface area (Å²) in [6, 6.07) is 0.426. The van der Waals surface area contributed by atoms with Gasteiger partial charge >= 0.3 is 0 Å². The lowest BCUT2D eigenvalue weighted by Crippen LogP contribution is -2.37. The molecule has 0 bridgehead atoms. The Balaban J connectivity index is 1.53. The molecule has 1 aliphatic carbocycles. The van der Waals surface area contributed by atoms with Gasteiger partial charge in [-0.15, -0.1) is 0 Å². The minimum atomic E-state index is -0.317. The first-order chi connectivity index (χ1) is 11.1. The highest BCUT2D eigenvalue weighted by molar-refractivity contribution is 14.1. The second-order valence-corrected chi connectivity index (χ2v) is 7.71. The molecular formula is C16H22IN3O3. The van der Waals surface area contributed by atoms with Crippen LogP contribution in [-0.4, -0.2) is 46.1 Å². The van der Waals surface area contributed by atoms with Crippen LogP contribution in [0.25, 0.3) is 0 Å². The molecule has 3 heterocycles. The highest BCUT2D eigenvalue weighted by Crippen LogP contribution is 2.41. The molecule has 0 aromatic carbocycles. The Morgan fingerprint density at radius 3 is 2.65 bits per heavy atom. The lowest BCUT2D eigenvalue weighted by Gasteiger charge is -2.36. The Morgan fingerprint density at radius 2 is 2.00 bits per heavy atom. The number of carbonyl (C=O) groups is 1. The van der Waals surface area contributed by atoms with Crippen molar-refractivity contribution in [3.8, 4) is 0 Å². The monoisotopic (exact) mass is 431 g/mol. The molecule has 2 aliphatic heterocycles. The Hall–Kier alpha value is -0.670. The van der Waals surface area contributed by atoms with E-state index in [-0.39, 0.29) is 11.7 Å². The van der Waals surface area contributed by atoms with E-state index >= 15 is 0 Å². The summed E-state index contributed by atoms with van der Waals surface area (Å²) in [4.78, 5) is 13.5. The third kappa shape index (κ3) is 2.80. The first-order valence-corrected chi connectivity index (χ1v) is 9.45. The van der Waals surface area contributed by atoms with E-state index in [1.165, 1.54) is 11.3 Å². The summed E-state index contributed by atoms with van der Waals surface area (Å²) in [5.41, 5.74) is 2.56.